The van der Waals surface area contributed by atoms with Crippen LogP contribution in [0, 0.1) is 12.7 Å². The summed E-state index contributed by atoms with van der Waals surface area (Å²) in [5.41, 5.74) is 1.14. The van der Waals surface area contributed by atoms with Gasteiger partial charge in [0.25, 0.3) is 0 Å². The van der Waals surface area contributed by atoms with Crippen molar-refractivity contribution in [2.24, 2.45) is 0 Å². The van der Waals surface area contributed by atoms with Gasteiger partial charge < -0.3 is 10.1 Å². The summed E-state index contributed by atoms with van der Waals surface area (Å²) in [6.07, 6.45) is -4.37. The molecule has 0 aliphatic carbocycles. The molecule has 0 spiro atoms. The average molecular weight is 265 g/mol. The standard InChI is InChI=1S/C12H15F4NO/c1-8-3-4-10(13)9(5-8)11(17-2)6-18-7-12(14,15)16/h3-5,11,17H,6-7H2,1-2H3. The van der Waals surface area contributed by atoms with Gasteiger partial charge in [0.1, 0.15) is 12.4 Å². The van der Waals surface area contributed by atoms with E-state index in [0.29, 0.717) is 5.56 Å². The van der Waals surface area contributed by atoms with Crippen molar-refractivity contribution in [3.05, 3.63) is 35.1 Å². The lowest BCUT2D eigenvalue weighted by atomic mass is 10.0. The van der Waals surface area contributed by atoms with Gasteiger partial charge in [-0.25, -0.2) is 4.39 Å². The predicted octanol–water partition coefficient (Wildman–Crippen LogP) is 2.97. The number of halogens is 4. The van der Waals surface area contributed by atoms with Crippen LogP contribution < -0.4 is 5.32 Å². The second-order valence-electron chi connectivity index (χ2n) is 4.00. The first-order chi connectivity index (χ1) is 8.33. The lowest BCUT2D eigenvalue weighted by Crippen LogP contribution is -2.26. The maximum atomic E-state index is 13.6. The molecule has 0 saturated heterocycles. The number of benzene rings is 1. The van der Waals surface area contributed by atoms with E-state index in [1.807, 2.05) is 0 Å². The van der Waals surface area contributed by atoms with E-state index in [4.69, 9.17) is 0 Å². The Labute approximate surface area is 103 Å². The zero-order valence-corrected chi connectivity index (χ0v) is 10.1. The number of hydrogen-bond acceptors (Lipinski definition) is 2. The SMILES string of the molecule is CNC(COCC(F)(F)F)c1cc(C)ccc1F. The summed E-state index contributed by atoms with van der Waals surface area (Å²) in [4.78, 5) is 0. The molecule has 102 valence electrons. The summed E-state index contributed by atoms with van der Waals surface area (Å²) in [6, 6.07) is 3.88. The van der Waals surface area contributed by atoms with Gasteiger partial charge in [0.15, 0.2) is 0 Å². The van der Waals surface area contributed by atoms with Crippen molar-refractivity contribution in [2.75, 3.05) is 20.3 Å². The Morgan fingerprint density at radius 2 is 2.00 bits per heavy atom. The van der Waals surface area contributed by atoms with Crippen molar-refractivity contribution in [1.29, 1.82) is 0 Å². The number of ether oxygens (including phenoxy) is 1. The molecule has 0 heterocycles. The van der Waals surface area contributed by atoms with Crippen molar-refractivity contribution in [3.8, 4) is 0 Å². The van der Waals surface area contributed by atoms with Crippen molar-refractivity contribution in [1.82, 2.24) is 5.32 Å². The molecule has 1 unspecified atom stereocenters. The summed E-state index contributed by atoms with van der Waals surface area (Å²) in [7, 11) is 1.55. The quantitative estimate of drug-likeness (QED) is 0.826. The highest BCUT2D eigenvalue weighted by Crippen LogP contribution is 2.20. The molecule has 1 aromatic rings. The van der Waals surface area contributed by atoms with E-state index < -0.39 is 24.6 Å². The van der Waals surface area contributed by atoms with E-state index in [1.54, 1.807) is 26.1 Å². The topological polar surface area (TPSA) is 21.3 Å². The van der Waals surface area contributed by atoms with Crippen LogP contribution in [-0.2, 0) is 4.74 Å². The summed E-state index contributed by atoms with van der Waals surface area (Å²) < 4.78 is 53.9. The lowest BCUT2D eigenvalue weighted by Gasteiger charge is -2.18. The second-order valence-corrected chi connectivity index (χ2v) is 4.00. The van der Waals surface area contributed by atoms with Crippen molar-refractivity contribution in [3.63, 3.8) is 0 Å². The Morgan fingerprint density at radius 1 is 1.33 bits per heavy atom. The molecule has 1 aromatic carbocycles. The van der Waals surface area contributed by atoms with Gasteiger partial charge in [0, 0.05) is 5.56 Å². The first kappa shape index (κ1) is 14.9. The molecule has 1 rings (SSSR count). The second kappa shape index (κ2) is 6.15. The molecule has 0 aromatic heterocycles. The average Bonchev–Trinajstić information content (AvgIpc) is 2.27. The van der Waals surface area contributed by atoms with Crippen LogP contribution in [0.3, 0.4) is 0 Å². The van der Waals surface area contributed by atoms with Crippen LogP contribution in [0.2, 0.25) is 0 Å². The summed E-state index contributed by atoms with van der Waals surface area (Å²) in [5.74, 6) is -0.462. The number of hydrogen-bond donors (Lipinski definition) is 1. The minimum absolute atomic E-state index is 0.240. The Bertz CT molecular complexity index is 392. The van der Waals surface area contributed by atoms with E-state index >= 15 is 0 Å². The highest BCUT2D eigenvalue weighted by Gasteiger charge is 2.28. The van der Waals surface area contributed by atoms with E-state index in [0.717, 1.165) is 5.56 Å². The maximum absolute atomic E-state index is 13.6. The van der Waals surface area contributed by atoms with E-state index in [2.05, 4.69) is 10.1 Å². The van der Waals surface area contributed by atoms with Gasteiger partial charge in [-0.2, -0.15) is 13.2 Å². The molecule has 6 heteroatoms. The molecule has 2 nitrogen and oxygen atoms in total. The van der Waals surface area contributed by atoms with Crippen LogP contribution in [0.15, 0.2) is 18.2 Å². The first-order valence-electron chi connectivity index (χ1n) is 5.41. The van der Waals surface area contributed by atoms with Crippen LogP contribution in [0.4, 0.5) is 17.6 Å². The summed E-state index contributed by atoms with van der Waals surface area (Å²) in [6.45, 7) is 0.210. The molecule has 0 bridgehead atoms. The van der Waals surface area contributed by atoms with Crippen molar-refractivity contribution >= 4 is 0 Å². The van der Waals surface area contributed by atoms with E-state index in [9.17, 15) is 17.6 Å². The Hall–Kier alpha value is -1.14. The van der Waals surface area contributed by atoms with E-state index in [1.165, 1.54) is 6.07 Å². The van der Waals surface area contributed by atoms with Crippen molar-refractivity contribution in [2.45, 2.75) is 19.1 Å². The number of nitrogens with one attached hydrogen (secondary N) is 1. The van der Waals surface area contributed by atoms with Gasteiger partial charge in [-0.3, -0.25) is 0 Å². The smallest absolute Gasteiger partial charge is 0.370 e. The number of rotatable bonds is 5. The minimum Gasteiger partial charge on any atom is -0.370 e. The highest BCUT2D eigenvalue weighted by molar-refractivity contribution is 5.26. The van der Waals surface area contributed by atoms with Gasteiger partial charge in [-0.15, -0.1) is 0 Å². The van der Waals surface area contributed by atoms with Crippen LogP contribution in [0.1, 0.15) is 17.2 Å². The molecule has 0 amide bonds. The van der Waals surface area contributed by atoms with Gasteiger partial charge in [-0.05, 0) is 20.0 Å². The molecule has 1 N–H and O–H groups in total. The van der Waals surface area contributed by atoms with Crippen molar-refractivity contribution < 1.29 is 22.3 Å². The predicted molar refractivity (Wildman–Crippen MR) is 59.8 cm³/mol. The summed E-state index contributed by atoms with van der Waals surface area (Å²) >= 11 is 0. The largest absolute Gasteiger partial charge is 0.411 e. The molecule has 1 atom stereocenters. The van der Waals surface area contributed by atoms with Crippen LogP contribution in [0.25, 0.3) is 0 Å². The zero-order chi connectivity index (χ0) is 13.8. The van der Waals surface area contributed by atoms with Crippen LogP contribution in [0.5, 0.6) is 0 Å². The minimum atomic E-state index is -4.37. The number of likely N-dealkylation sites (N-methyl/N-ethyl adjacent to an activating group) is 1. The first-order valence-corrected chi connectivity index (χ1v) is 5.41. The lowest BCUT2D eigenvalue weighted by molar-refractivity contribution is -0.175. The normalized spacial score (nSPS) is 13.7. The fourth-order valence-corrected chi connectivity index (χ4v) is 1.55. The fourth-order valence-electron chi connectivity index (χ4n) is 1.55. The molecule has 0 radical (unpaired) electrons. The molecule has 18 heavy (non-hydrogen) atoms. The van der Waals surface area contributed by atoms with Gasteiger partial charge in [-0.1, -0.05) is 17.7 Å². The third-order valence-electron chi connectivity index (χ3n) is 2.43. The Balaban J connectivity index is 2.68. The van der Waals surface area contributed by atoms with Gasteiger partial charge in [0.05, 0.1) is 12.6 Å². The number of aryl methyl sites for hydroxylation is 1. The third-order valence-corrected chi connectivity index (χ3v) is 2.43. The van der Waals surface area contributed by atoms with Gasteiger partial charge >= 0.3 is 6.18 Å². The van der Waals surface area contributed by atoms with Gasteiger partial charge in [0.2, 0.25) is 0 Å². The monoisotopic (exact) mass is 265 g/mol. The fraction of sp³-hybridized carbons (Fsp3) is 0.500. The summed E-state index contributed by atoms with van der Waals surface area (Å²) in [5, 5.41) is 2.74. The zero-order valence-electron chi connectivity index (χ0n) is 10.1. The Morgan fingerprint density at radius 3 is 2.56 bits per heavy atom. The molecule has 0 saturated carbocycles. The Kier molecular flexibility index (Phi) is 5.10. The molecule has 0 aliphatic heterocycles. The van der Waals surface area contributed by atoms with Crippen LogP contribution >= 0.6 is 0 Å². The molecular weight excluding hydrogens is 250 g/mol. The van der Waals surface area contributed by atoms with E-state index in [-0.39, 0.29) is 6.61 Å². The molecule has 0 fully saturated rings. The third kappa shape index (κ3) is 4.62. The maximum Gasteiger partial charge on any atom is 0.411 e. The van der Waals surface area contributed by atoms with Crippen LogP contribution in [-0.4, -0.2) is 26.4 Å². The molecule has 0 aliphatic rings. The number of alkyl halides is 3. The highest BCUT2D eigenvalue weighted by atomic mass is 19.4. The molecular formula is C12H15F4NO.